The summed E-state index contributed by atoms with van der Waals surface area (Å²) in [5.41, 5.74) is 6.47. The second-order valence-corrected chi connectivity index (χ2v) is 8.26. The number of pyridine rings is 2. The van der Waals surface area contributed by atoms with Crippen molar-refractivity contribution in [3.05, 3.63) is 60.7 Å². The van der Waals surface area contributed by atoms with Crippen LogP contribution in [0.5, 0.6) is 0 Å². The van der Waals surface area contributed by atoms with Crippen LogP contribution in [0.4, 0.5) is 5.69 Å². The molecule has 172 valence electrons. The molecule has 0 aliphatic carbocycles. The molecule has 32 heavy (non-hydrogen) atoms. The minimum Gasteiger partial charge on any atom is -0.480 e. The fraction of sp³-hybridized carbons (Fsp3) is 0.111. The first-order valence-electron chi connectivity index (χ1n) is 8.52. The molecule has 14 heteroatoms. The Balaban J connectivity index is 0.00000256. The number of guanidine groups is 1. The Bertz CT molecular complexity index is 1210. The van der Waals surface area contributed by atoms with E-state index in [0.29, 0.717) is 22.2 Å². The maximum absolute atomic E-state index is 13.2. The second kappa shape index (κ2) is 11.8. The Morgan fingerprint density at radius 3 is 2.59 bits per heavy atom. The summed E-state index contributed by atoms with van der Waals surface area (Å²) < 4.78 is 30.5. The Kier molecular flexibility index (Phi) is 10.1. The van der Waals surface area contributed by atoms with E-state index in [1.165, 1.54) is 30.7 Å². The van der Waals surface area contributed by atoms with Crippen LogP contribution >= 0.6 is 36.6 Å². The minimum atomic E-state index is -4.13. The Labute approximate surface area is 201 Å². The molecule has 0 saturated heterocycles. The van der Waals surface area contributed by atoms with E-state index in [1.807, 2.05) is 0 Å². The van der Waals surface area contributed by atoms with E-state index in [4.69, 9.17) is 17.5 Å². The number of halogens is 3. The highest BCUT2D eigenvalue weighted by Crippen LogP contribution is 2.27. The standard InChI is InChI=1S/C18H17ClN6O4S.2ClH/c19-24-18(20)23-16-9-21-8-12-7-14(4-5-15(12)16)30(28,29)25(11-17(26)27)10-13-3-1-2-6-22-13;;/h1-9H,10-11H2,(H,26,27)(H3,20,23,24);2*1H. The number of hydrogen-bond donors (Lipinski definition) is 3. The van der Waals surface area contributed by atoms with Crippen molar-refractivity contribution in [2.24, 2.45) is 10.2 Å². The first kappa shape index (κ1) is 27.3. The van der Waals surface area contributed by atoms with Crippen molar-refractivity contribution in [1.29, 1.82) is 0 Å². The number of nitrogens with zero attached hydrogens (tertiary/aromatic N) is 4. The zero-order chi connectivity index (χ0) is 21.7. The van der Waals surface area contributed by atoms with Gasteiger partial charge in [-0.2, -0.15) is 4.31 Å². The van der Waals surface area contributed by atoms with E-state index in [2.05, 4.69) is 19.8 Å². The molecule has 0 atom stereocenters. The maximum atomic E-state index is 13.2. The highest BCUT2D eigenvalue weighted by molar-refractivity contribution is 7.89. The van der Waals surface area contributed by atoms with Crippen molar-refractivity contribution in [1.82, 2.24) is 14.3 Å². The number of fused-ring (bicyclic) bond motifs is 1. The highest BCUT2D eigenvalue weighted by Gasteiger charge is 2.27. The quantitative estimate of drug-likeness (QED) is 0.317. The lowest BCUT2D eigenvalue weighted by Gasteiger charge is -2.20. The van der Waals surface area contributed by atoms with Gasteiger partial charge in [0, 0.05) is 34.9 Å². The van der Waals surface area contributed by atoms with Gasteiger partial charge in [-0.1, -0.05) is 12.1 Å². The van der Waals surface area contributed by atoms with Crippen LogP contribution in [0.1, 0.15) is 5.69 Å². The zero-order valence-corrected chi connectivity index (χ0v) is 19.5. The molecule has 2 heterocycles. The number of nitrogens with one attached hydrogen (secondary N) is 1. The van der Waals surface area contributed by atoms with Gasteiger partial charge in [-0.15, -0.1) is 29.3 Å². The van der Waals surface area contributed by atoms with Crippen molar-refractivity contribution < 1.29 is 18.3 Å². The third kappa shape index (κ3) is 6.40. The van der Waals surface area contributed by atoms with Gasteiger partial charge in [-0.05, 0) is 24.3 Å². The van der Waals surface area contributed by atoms with Gasteiger partial charge in [0.1, 0.15) is 6.54 Å². The molecule has 0 fully saturated rings. The molecule has 2 aromatic heterocycles. The lowest BCUT2D eigenvalue weighted by atomic mass is 10.1. The molecular formula is C18H19Cl3N6O4S. The van der Waals surface area contributed by atoms with Crippen LogP contribution in [0, 0.1) is 0 Å². The molecule has 4 N–H and O–H groups in total. The number of sulfonamides is 1. The average molecular weight is 522 g/mol. The van der Waals surface area contributed by atoms with Crippen molar-refractivity contribution in [3.8, 4) is 0 Å². The van der Waals surface area contributed by atoms with Gasteiger partial charge in [-0.3, -0.25) is 14.8 Å². The van der Waals surface area contributed by atoms with E-state index in [-0.39, 0.29) is 42.2 Å². The number of anilines is 1. The summed E-state index contributed by atoms with van der Waals surface area (Å²) in [7, 11) is -4.13. The first-order chi connectivity index (χ1) is 14.3. The number of benzene rings is 1. The Morgan fingerprint density at radius 2 is 1.97 bits per heavy atom. The molecular weight excluding hydrogens is 503 g/mol. The topological polar surface area (TPSA) is 151 Å². The number of carboxylic acids is 1. The summed E-state index contributed by atoms with van der Waals surface area (Å²) in [4.78, 5) is 19.3. The summed E-state index contributed by atoms with van der Waals surface area (Å²) in [6.07, 6.45) is 4.48. The zero-order valence-electron chi connectivity index (χ0n) is 16.3. The maximum Gasteiger partial charge on any atom is 0.318 e. The first-order valence-corrected chi connectivity index (χ1v) is 10.3. The fourth-order valence-corrected chi connectivity index (χ4v) is 4.21. The summed E-state index contributed by atoms with van der Waals surface area (Å²) in [5, 5.41) is 13.1. The van der Waals surface area contributed by atoms with Crippen molar-refractivity contribution in [3.63, 3.8) is 0 Å². The van der Waals surface area contributed by atoms with Crippen LogP contribution in [-0.4, -0.2) is 46.3 Å². The third-order valence-corrected chi connectivity index (χ3v) is 6.07. The van der Waals surface area contributed by atoms with E-state index in [1.54, 1.807) is 24.3 Å². The van der Waals surface area contributed by atoms with E-state index in [0.717, 1.165) is 4.31 Å². The summed E-state index contributed by atoms with van der Waals surface area (Å²) >= 11 is 5.32. The summed E-state index contributed by atoms with van der Waals surface area (Å²) in [6, 6.07) is 9.35. The number of rotatable bonds is 7. The molecule has 0 amide bonds. The number of carboxylic acid groups (broad SMARTS) is 1. The molecule has 0 spiro atoms. The van der Waals surface area contributed by atoms with Crippen LogP contribution in [0.3, 0.4) is 0 Å². The van der Waals surface area contributed by atoms with Crippen LogP contribution in [0.25, 0.3) is 10.8 Å². The summed E-state index contributed by atoms with van der Waals surface area (Å²) in [6.45, 7) is -0.893. The lowest BCUT2D eigenvalue weighted by Crippen LogP contribution is -2.35. The predicted octanol–water partition coefficient (Wildman–Crippen LogP) is 2.63. The van der Waals surface area contributed by atoms with Gasteiger partial charge in [0.25, 0.3) is 0 Å². The number of hydrogen-bond acceptors (Lipinski definition) is 6. The third-order valence-electron chi connectivity index (χ3n) is 4.10. The molecule has 10 nitrogen and oxygen atoms in total. The van der Waals surface area contributed by atoms with Crippen molar-refractivity contribution >= 4 is 75.0 Å². The molecule has 0 unspecified atom stereocenters. The smallest absolute Gasteiger partial charge is 0.318 e. The van der Waals surface area contributed by atoms with E-state index >= 15 is 0 Å². The van der Waals surface area contributed by atoms with Gasteiger partial charge in [0.2, 0.25) is 16.0 Å². The van der Waals surface area contributed by atoms with E-state index in [9.17, 15) is 18.3 Å². The monoisotopic (exact) mass is 520 g/mol. The predicted molar refractivity (Wildman–Crippen MR) is 127 cm³/mol. The second-order valence-electron chi connectivity index (χ2n) is 6.15. The molecule has 3 rings (SSSR count). The highest BCUT2D eigenvalue weighted by atomic mass is 35.5. The number of aliphatic carboxylic acids is 1. The summed E-state index contributed by atoms with van der Waals surface area (Å²) in [5.74, 6) is -1.33. The van der Waals surface area contributed by atoms with Gasteiger partial charge in [0.05, 0.1) is 29.0 Å². The molecule has 0 aliphatic heterocycles. The van der Waals surface area contributed by atoms with Crippen LogP contribution in [0.2, 0.25) is 0 Å². The van der Waals surface area contributed by atoms with Crippen LogP contribution in [0.15, 0.2) is 64.4 Å². The number of aromatic nitrogens is 2. The van der Waals surface area contributed by atoms with Crippen molar-refractivity contribution in [2.45, 2.75) is 11.4 Å². The molecule has 0 saturated carbocycles. The molecule has 0 bridgehead atoms. The normalized spacial score (nSPS) is 11.5. The molecule has 0 aliphatic rings. The molecule has 0 radical (unpaired) electrons. The van der Waals surface area contributed by atoms with Gasteiger partial charge >= 0.3 is 5.97 Å². The van der Waals surface area contributed by atoms with Gasteiger partial charge in [-0.25, -0.2) is 8.42 Å². The average Bonchev–Trinajstić information content (AvgIpc) is 2.73. The van der Waals surface area contributed by atoms with Crippen molar-refractivity contribution in [2.75, 3.05) is 11.9 Å². The Morgan fingerprint density at radius 1 is 1.22 bits per heavy atom. The number of carbonyl (C=O) groups is 1. The SMILES string of the molecule is Cl.Cl.NC(=NCl)Nc1cncc2cc(S(=O)(=O)N(CC(=O)O)Cc3ccccn3)ccc12. The van der Waals surface area contributed by atoms with Gasteiger partial charge < -0.3 is 16.2 Å². The van der Waals surface area contributed by atoms with E-state index < -0.39 is 22.5 Å². The van der Waals surface area contributed by atoms with Gasteiger partial charge in [0.15, 0.2) is 0 Å². The fourth-order valence-electron chi connectivity index (χ4n) is 2.77. The van der Waals surface area contributed by atoms with Crippen LogP contribution in [-0.2, 0) is 21.4 Å². The number of nitrogens with two attached hydrogens (primary N) is 1. The van der Waals surface area contributed by atoms with Crippen LogP contribution < -0.4 is 11.1 Å². The molecule has 3 aromatic rings. The largest absolute Gasteiger partial charge is 0.480 e. The lowest BCUT2D eigenvalue weighted by molar-refractivity contribution is -0.137. The molecule has 1 aromatic carbocycles. The Hall–Kier alpha value is -2.70. The minimum absolute atomic E-state index is 0.